The van der Waals surface area contributed by atoms with E-state index in [9.17, 15) is 29.4 Å². The summed E-state index contributed by atoms with van der Waals surface area (Å²) < 4.78 is 0. The maximum absolute atomic E-state index is 12.7. The van der Waals surface area contributed by atoms with Crippen molar-refractivity contribution in [2.24, 2.45) is 0 Å². The Morgan fingerprint density at radius 3 is 1.83 bits per heavy atom. The summed E-state index contributed by atoms with van der Waals surface area (Å²) in [6.07, 6.45) is 0. The lowest BCUT2D eigenvalue weighted by atomic mass is 9.93. The van der Waals surface area contributed by atoms with Crippen LogP contribution in [-0.4, -0.2) is 69.9 Å². The molecule has 2 aromatic carbocycles. The van der Waals surface area contributed by atoms with Crippen LogP contribution in [0.3, 0.4) is 0 Å². The molecule has 0 unspecified atom stereocenters. The molecule has 1 saturated heterocycles. The predicted molar refractivity (Wildman–Crippen MR) is 109 cm³/mol. The molecule has 1 fully saturated rings. The molecule has 1 aliphatic heterocycles. The van der Waals surface area contributed by atoms with Gasteiger partial charge in [0, 0.05) is 38.7 Å². The standard InChI is InChI=1S/C22H22N2O6/c1-13-11-18(19(22(29)30)12-17(13)21(27)28)15-3-5-16(6-4-15)20(26)24-9-7-23(8-10-24)14(2)25/h3-6,11-12H,7-10H2,1-2H3,(H,27,28)(H,29,30). The van der Waals surface area contributed by atoms with E-state index in [0.29, 0.717) is 48.4 Å². The molecular formula is C22H22N2O6. The zero-order valence-electron chi connectivity index (χ0n) is 16.7. The van der Waals surface area contributed by atoms with Crippen LogP contribution < -0.4 is 0 Å². The van der Waals surface area contributed by atoms with Crippen molar-refractivity contribution in [3.05, 3.63) is 58.7 Å². The van der Waals surface area contributed by atoms with Gasteiger partial charge in [-0.05, 0) is 47.9 Å². The van der Waals surface area contributed by atoms with Gasteiger partial charge in [0.15, 0.2) is 0 Å². The molecule has 30 heavy (non-hydrogen) atoms. The van der Waals surface area contributed by atoms with E-state index in [1.165, 1.54) is 13.0 Å². The zero-order chi connectivity index (χ0) is 22.0. The van der Waals surface area contributed by atoms with Crippen LogP contribution in [0.15, 0.2) is 36.4 Å². The van der Waals surface area contributed by atoms with E-state index in [0.717, 1.165) is 6.07 Å². The van der Waals surface area contributed by atoms with Gasteiger partial charge in [-0.25, -0.2) is 9.59 Å². The minimum absolute atomic E-state index is 0.00935. The number of carboxylic acid groups (broad SMARTS) is 2. The Bertz CT molecular complexity index is 1020. The molecule has 8 nitrogen and oxygen atoms in total. The third kappa shape index (κ3) is 4.17. The molecule has 2 amide bonds. The lowest BCUT2D eigenvalue weighted by Gasteiger charge is -2.34. The highest BCUT2D eigenvalue weighted by molar-refractivity contribution is 6.01. The molecule has 1 heterocycles. The highest BCUT2D eigenvalue weighted by Gasteiger charge is 2.23. The minimum Gasteiger partial charge on any atom is -0.478 e. The molecule has 8 heteroatoms. The Labute approximate surface area is 173 Å². The van der Waals surface area contributed by atoms with Crippen LogP contribution >= 0.6 is 0 Å². The highest BCUT2D eigenvalue weighted by Crippen LogP contribution is 2.28. The van der Waals surface area contributed by atoms with Crippen LogP contribution in [0.5, 0.6) is 0 Å². The summed E-state index contributed by atoms with van der Waals surface area (Å²) in [6.45, 7) is 5.02. The van der Waals surface area contributed by atoms with Crippen LogP contribution in [0.25, 0.3) is 11.1 Å². The first-order valence-electron chi connectivity index (χ1n) is 9.45. The Hall–Kier alpha value is -3.68. The molecule has 0 radical (unpaired) electrons. The van der Waals surface area contributed by atoms with Gasteiger partial charge in [0.05, 0.1) is 11.1 Å². The topological polar surface area (TPSA) is 115 Å². The molecule has 156 valence electrons. The largest absolute Gasteiger partial charge is 0.478 e. The van der Waals surface area contributed by atoms with Crippen LogP contribution in [-0.2, 0) is 4.79 Å². The Balaban J connectivity index is 1.85. The Morgan fingerprint density at radius 2 is 1.33 bits per heavy atom. The normalized spacial score (nSPS) is 13.8. The monoisotopic (exact) mass is 410 g/mol. The summed E-state index contributed by atoms with van der Waals surface area (Å²) in [5, 5.41) is 18.8. The number of hydrogen-bond acceptors (Lipinski definition) is 4. The molecule has 3 rings (SSSR count). The fraction of sp³-hybridized carbons (Fsp3) is 0.273. The van der Waals surface area contributed by atoms with E-state index in [2.05, 4.69) is 0 Å². The van der Waals surface area contributed by atoms with Gasteiger partial charge in [-0.3, -0.25) is 9.59 Å². The molecule has 1 aliphatic rings. The van der Waals surface area contributed by atoms with Gasteiger partial charge < -0.3 is 20.0 Å². The van der Waals surface area contributed by atoms with Crippen molar-refractivity contribution in [2.45, 2.75) is 13.8 Å². The number of benzene rings is 2. The second-order valence-electron chi connectivity index (χ2n) is 7.20. The summed E-state index contributed by atoms with van der Waals surface area (Å²) in [6, 6.07) is 9.25. The van der Waals surface area contributed by atoms with Crippen molar-refractivity contribution in [1.82, 2.24) is 9.80 Å². The Kier molecular flexibility index (Phi) is 5.86. The molecule has 0 aromatic heterocycles. The highest BCUT2D eigenvalue weighted by atomic mass is 16.4. The zero-order valence-corrected chi connectivity index (χ0v) is 16.7. The smallest absolute Gasteiger partial charge is 0.336 e. The van der Waals surface area contributed by atoms with E-state index >= 15 is 0 Å². The number of nitrogens with zero attached hydrogens (tertiary/aromatic N) is 2. The first-order chi connectivity index (χ1) is 14.2. The van der Waals surface area contributed by atoms with Crippen molar-refractivity contribution in [3.8, 4) is 11.1 Å². The first-order valence-corrected chi connectivity index (χ1v) is 9.45. The molecule has 0 saturated carbocycles. The first kappa shape index (κ1) is 21.0. The third-order valence-electron chi connectivity index (χ3n) is 5.28. The molecule has 2 N–H and O–H groups in total. The van der Waals surface area contributed by atoms with Gasteiger partial charge in [0.1, 0.15) is 0 Å². The average Bonchev–Trinajstić information content (AvgIpc) is 2.72. The maximum atomic E-state index is 12.7. The number of carbonyl (C=O) groups is 4. The van der Waals surface area contributed by atoms with Crippen LogP contribution in [0.1, 0.15) is 43.6 Å². The molecule has 0 spiro atoms. The number of carboxylic acids is 2. The van der Waals surface area contributed by atoms with Crippen molar-refractivity contribution in [1.29, 1.82) is 0 Å². The maximum Gasteiger partial charge on any atom is 0.336 e. The van der Waals surface area contributed by atoms with Crippen molar-refractivity contribution in [3.63, 3.8) is 0 Å². The molecular weight excluding hydrogens is 388 g/mol. The number of amides is 2. The van der Waals surface area contributed by atoms with E-state index in [1.807, 2.05) is 0 Å². The van der Waals surface area contributed by atoms with Gasteiger partial charge in [-0.15, -0.1) is 0 Å². The number of carbonyl (C=O) groups excluding carboxylic acids is 2. The van der Waals surface area contributed by atoms with E-state index < -0.39 is 11.9 Å². The Morgan fingerprint density at radius 1 is 0.800 bits per heavy atom. The third-order valence-corrected chi connectivity index (χ3v) is 5.28. The van der Waals surface area contributed by atoms with Gasteiger partial charge >= 0.3 is 11.9 Å². The molecule has 0 atom stereocenters. The second kappa shape index (κ2) is 8.36. The van der Waals surface area contributed by atoms with Crippen LogP contribution in [0, 0.1) is 6.92 Å². The minimum atomic E-state index is -1.23. The van der Waals surface area contributed by atoms with Gasteiger partial charge in [-0.1, -0.05) is 12.1 Å². The molecule has 0 bridgehead atoms. The predicted octanol–water partition coefficient (Wildman–Crippen LogP) is 2.36. The van der Waals surface area contributed by atoms with Crippen LogP contribution in [0.4, 0.5) is 0 Å². The number of aryl methyl sites for hydroxylation is 1. The summed E-state index contributed by atoms with van der Waals surface area (Å²) in [5.74, 6) is -2.58. The number of hydrogen-bond donors (Lipinski definition) is 2. The van der Waals surface area contributed by atoms with Crippen molar-refractivity contribution in [2.75, 3.05) is 26.2 Å². The summed E-state index contributed by atoms with van der Waals surface area (Å²) in [7, 11) is 0. The quantitative estimate of drug-likeness (QED) is 0.800. The van der Waals surface area contributed by atoms with Crippen molar-refractivity contribution < 1.29 is 29.4 Å². The van der Waals surface area contributed by atoms with E-state index in [4.69, 9.17) is 0 Å². The molecule has 0 aliphatic carbocycles. The average molecular weight is 410 g/mol. The van der Waals surface area contributed by atoms with Gasteiger partial charge in [0.25, 0.3) is 5.91 Å². The summed E-state index contributed by atoms with van der Waals surface area (Å²) >= 11 is 0. The van der Waals surface area contributed by atoms with Crippen molar-refractivity contribution >= 4 is 23.8 Å². The summed E-state index contributed by atoms with van der Waals surface area (Å²) in [4.78, 5) is 50.5. The number of piperazine rings is 1. The second-order valence-corrected chi connectivity index (χ2v) is 7.20. The SMILES string of the molecule is CC(=O)N1CCN(C(=O)c2ccc(-c3cc(C)c(C(=O)O)cc3C(=O)O)cc2)CC1. The van der Waals surface area contributed by atoms with E-state index in [-0.39, 0.29) is 22.9 Å². The lowest BCUT2D eigenvalue weighted by molar-refractivity contribution is -0.130. The van der Waals surface area contributed by atoms with Gasteiger partial charge in [-0.2, -0.15) is 0 Å². The fourth-order valence-corrected chi connectivity index (χ4v) is 3.55. The number of rotatable bonds is 4. The summed E-state index contributed by atoms with van der Waals surface area (Å²) in [5.41, 5.74) is 1.70. The van der Waals surface area contributed by atoms with Crippen LogP contribution in [0.2, 0.25) is 0 Å². The number of aromatic carboxylic acids is 2. The molecule has 2 aromatic rings. The lowest BCUT2D eigenvalue weighted by Crippen LogP contribution is -2.50. The van der Waals surface area contributed by atoms with E-state index in [1.54, 1.807) is 41.0 Å². The fourth-order valence-electron chi connectivity index (χ4n) is 3.55. The van der Waals surface area contributed by atoms with Gasteiger partial charge in [0.2, 0.25) is 5.91 Å².